The topological polar surface area (TPSA) is 92.9 Å². The Morgan fingerprint density at radius 1 is 1.11 bits per heavy atom. The molecule has 2 amide bonds. The van der Waals surface area contributed by atoms with Crippen molar-refractivity contribution in [2.45, 2.75) is 39.2 Å². The molecule has 0 aromatic heterocycles. The van der Waals surface area contributed by atoms with Crippen molar-refractivity contribution in [2.75, 3.05) is 32.8 Å². The smallest absolute Gasteiger partial charge is 0.307 e. The molecule has 0 atom stereocenters. The second-order valence-electron chi connectivity index (χ2n) is 7.25. The lowest BCUT2D eigenvalue weighted by atomic mass is 10.2. The number of rotatable bonds is 13. The number of nitrogens with zero attached hydrogens (tertiary/aromatic N) is 2. The third kappa shape index (κ3) is 8.52. The Bertz CT molecular complexity index is 646. The number of benzene rings is 1. The second kappa shape index (κ2) is 11.4. The summed E-state index contributed by atoms with van der Waals surface area (Å²) in [6, 6.07) is 9.67. The van der Waals surface area contributed by atoms with Crippen molar-refractivity contribution in [3.63, 3.8) is 0 Å². The van der Waals surface area contributed by atoms with Crippen molar-refractivity contribution in [3.05, 3.63) is 35.9 Å². The Morgan fingerprint density at radius 3 is 2.43 bits per heavy atom. The molecule has 7 heteroatoms. The zero-order valence-electron chi connectivity index (χ0n) is 16.6. The van der Waals surface area contributed by atoms with Gasteiger partial charge in [0.25, 0.3) is 0 Å². The van der Waals surface area contributed by atoms with Crippen LogP contribution in [0.25, 0.3) is 0 Å². The Morgan fingerprint density at radius 2 is 1.82 bits per heavy atom. The normalized spacial score (nSPS) is 13.4. The van der Waals surface area contributed by atoms with E-state index in [1.165, 1.54) is 12.8 Å². The van der Waals surface area contributed by atoms with E-state index in [0.29, 0.717) is 25.6 Å². The van der Waals surface area contributed by atoms with Crippen LogP contribution in [0.4, 0.5) is 0 Å². The highest BCUT2D eigenvalue weighted by atomic mass is 16.5. The maximum atomic E-state index is 13.0. The van der Waals surface area contributed by atoms with E-state index in [1.807, 2.05) is 35.2 Å². The number of ether oxygens (including phenoxy) is 1. The van der Waals surface area contributed by atoms with E-state index in [4.69, 9.17) is 10.5 Å². The predicted octanol–water partition coefficient (Wildman–Crippen LogP) is 1.56. The first-order chi connectivity index (χ1) is 13.5. The number of carbonyl (C=O) groups excluding carboxylic acids is 3. The zero-order valence-corrected chi connectivity index (χ0v) is 16.6. The molecule has 0 unspecified atom stereocenters. The van der Waals surface area contributed by atoms with Gasteiger partial charge >= 0.3 is 5.97 Å². The highest BCUT2D eigenvalue weighted by molar-refractivity contribution is 5.80. The number of esters is 1. The summed E-state index contributed by atoms with van der Waals surface area (Å²) in [5.41, 5.74) is 6.28. The predicted molar refractivity (Wildman–Crippen MR) is 106 cm³/mol. The van der Waals surface area contributed by atoms with Crippen molar-refractivity contribution in [3.8, 4) is 0 Å². The van der Waals surface area contributed by atoms with Gasteiger partial charge in [0.05, 0.1) is 19.6 Å². The summed E-state index contributed by atoms with van der Waals surface area (Å²) in [6.07, 6.45) is 2.73. The van der Waals surface area contributed by atoms with Crippen LogP contribution >= 0.6 is 0 Å². The van der Waals surface area contributed by atoms with Gasteiger partial charge in [-0.3, -0.25) is 19.3 Å². The summed E-state index contributed by atoms with van der Waals surface area (Å²) in [6.45, 7) is 4.39. The number of primary amides is 1. The Hall–Kier alpha value is -2.41. The van der Waals surface area contributed by atoms with E-state index in [2.05, 4.69) is 0 Å². The van der Waals surface area contributed by atoms with Crippen LogP contribution in [0.5, 0.6) is 0 Å². The molecule has 2 rings (SSSR count). The van der Waals surface area contributed by atoms with Gasteiger partial charge in [0.2, 0.25) is 11.8 Å². The molecule has 1 aliphatic carbocycles. The lowest BCUT2D eigenvalue weighted by Crippen LogP contribution is -2.42. The molecule has 0 saturated heterocycles. The van der Waals surface area contributed by atoms with E-state index < -0.39 is 5.91 Å². The van der Waals surface area contributed by atoms with Gasteiger partial charge in [-0.25, -0.2) is 0 Å². The fourth-order valence-electron chi connectivity index (χ4n) is 3.02. The molecule has 0 radical (unpaired) electrons. The van der Waals surface area contributed by atoms with Gasteiger partial charge in [-0.2, -0.15) is 0 Å². The van der Waals surface area contributed by atoms with Crippen molar-refractivity contribution < 1.29 is 19.1 Å². The molecule has 0 heterocycles. The molecule has 0 aliphatic heterocycles. The summed E-state index contributed by atoms with van der Waals surface area (Å²) in [7, 11) is 0. The van der Waals surface area contributed by atoms with Gasteiger partial charge in [-0.05, 0) is 31.2 Å². The maximum Gasteiger partial charge on any atom is 0.307 e. The first-order valence-corrected chi connectivity index (χ1v) is 9.96. The van der Waals surface area contributed by atoms with Crippen molar-refractivity contribution >= 4 is 17.8 Å². The van der Waals surface area contributed by atoms with Crippen LogP contribution in [0.15, 0.2) is 30.3 Å². The quantitative estimate of drug-likeness (QED) is 0.517. The number of amides is 2. The summed E-state index contributed by atoms with van der Waals surface area (Å²) in [4.78, 5) is 39.6. The number of nitrogens with two attached hydrogens (primary N) is 1. The first-order valence-electron chi connectivity index (χ1n) is 9.96. The third-order valence-electron chi connectivity index (χ3n) is 4.71. The van der Waals surface area contributed by atoms with E-state index in [-0.39, 0.29) is 37.8 Å². The SMILES string of the molecule is CCOC(=O)CCN(CC(=O)N(CCC(N)=O)Cc1ccccc1)CC1CC1. The van der Waals surface area contributed by atoms with Crippen LogP contribution in [-0.2, 0) is 25.7 Å². The zero-order chi connectivity index (χ0) is 20.4. The van der Waals surface area contributed by atoms with E-state index >= 15 is 0 Å². The summed E-state index contributed by atoms with van der Waals surface area (Å²) in [5, 5.41) is 0. The number of carbonyl (C=O) groups is 3. The first kappa shape index (κ1) is 21.9. The minimum atomic E-state index is -0.428. The minimum absolute atomic E-state index is 0.0605. The van der Waals surface area contributed by atoms with Gasteiger partial charge < -0.3 is 15.4 Å². The summed E-state index contributed by atoms with van der Waals surface area (Å²) < 4.78 is 5.00. The lowest BCUT2D eigenvalue weighted by molar-refractivity contribution is -0.144. The lowest BCUT2D eigenvalue weighted by Gasteiger charge is -2.27. The van der Waals surface area contributed by atoms with Crippen LogP contribution in [0, 0.1) is 5.92 Å². The molecule has 1 aliphatic rings. The summed E-state index contributed by atoms with van der Waals surface area (Å²) in [5.74, 6) is -0.133. The molecule has 0 spiro atoms. The summed E-state index contributed by atoms with van der Waals surface area (Å²) >= 11 is 0. The maximum absolute atomic E-state index is 13.0. The van der Waals surface area contributed by atoms with E-state index in [0.717, 1.165) is 12.1 Å². The van der Waals surface area contributed by atoms with Crippen LogP contribution in [-0.4, -0.2) is 60.4 Å². The van der Waals surface area contributed by atoms with Gasteiger partial charge in [0.1, 0.15) is 0 Å². The molecule has 2 N–H and O–H groups in total. The molecule has 1 aromatic rings. The largest absolute Gasteiger partial charge is 0.466 e. The Labute approximate surface area is 166 Å². The molecule has 154 valence electrons. The van der Waals surface area contributed by atoms with Crippen molar-refractivity contribution in [2.24, 2.45) is 11.7 Å². The molecular weight excluding hydrogens is 358 g/mol. The van der Waals surface area contributed by atoms with E-state index in [1.54, 1.807) is 11.8 Å². The molecule has 1 fully saturated rings. The van der Waals surface area contributed by atoms with Crippen LogP contribution in [0.1, 0.15) is 38.2 Å². The van der Waals surface area contributed by atoms with Gasteiger partial charge in [0.15, 0.2) is 0 Å². The Balaban J connectivity index is 1.97. The average molecular weight is 389 g/mol. The fourth-order valence-corrected chi connectivity index (χ4v) is 3.02. The molecule has 28 heavy (non-hydrogen) atoms. The minimum Gasteiger partial charge on any atom is -0.466 e. The average Bonchev–Trinajstić information content (AvgIpc) is 3.48. The molecule has 1 aromatic carbocycles. The van der Waals surface area contributed by atoms with Crippen LogP contribution in [0.2, 0.25) is 0 Å². The standard InChI is InChI=1S/C21H31N3O4/c1-2-28-21(27)11-12-23(14-18-8-9-18)16-20(26)24(13-10-19(22)25)15-17-6-4-3-5-7-17/h3-7,18H,2,8-16H2,1H3,(H2,22,25). The highest BCUT2D eigenvalue weighted by Gasteiger charge is 2.27. The van der Waals surface area contributed by atoms with Gasteiger partial charge in [-0.15, -0.1) is 0 Å². The number of hydrogen-bond acceptors (Lipinski definition) is 5. The molecule has 1 saturated carbocycles. The van der Waals surface area contributed by atoms with Gasteiger partial charge in [-0.1, -0.05) is 30.3 Å². The van der Waals surface area contributed by atoms with Crippen molar-refractivity contribution in [1.29, 1.82) is 0 Å². The molecule has 0 bridgehead atoms. The molecular formula is C21H31N3O4. The second-order valence-corrected chi connectivity index (χ2v) is 7.25. The van der Waals surface area contributed by atoms with Gasteiger partial charge in [0, 0.05) is 32.6 Å². The fraction of sp³-hybridized carbons (Fsp3) is 0.571. The van der Waals surface area contributed by atoms with E-state index in [9.17, 15) is 14.4 Å². The van der Waals surface area contributed by atoms with Crippen molar-refractivity contribution in [1.82, 2.24) is 9.80 Å². The van der Waals surface area contributed by atoms with Crippen LogP contribution in [0.3, 0.4) is 0 Å². The highest BCUT2D eigenvalue weighted by Crippen LogP contribution is 2.29. The third-order valence-corrected chi connectivity index (χ3v) is 4.71. The van der Waals surface area contributed by atoms with Crippen LogP contribution < -0.4 is 5.73 Å². The monoisotopic (exact) mass is 389 g/mol. The Kier molecular flexibility index (Phi) is 8.94. The molecule has 7 nitrogen and oxygen atoms in total. The number of hydrogen-bond donors (Lipinski definition) is 1.